The highest BCUT2D eigenvalue weighted by Gasteiger charge is 2.50. The van der Waals surface area contributed by atoms with Gasteiger partial charge in [-0.05, 0) is 13.8 Å². The van der Waals surface area contributed by atoms with E-state index in [1.807, 2.05) is 0 Å². The Labute approximate surface area is 109 Å². The minimum atomic E-state index is -1.70. The minimum Gasteiger partial charge on any atom is -0.466 e. The van der Waals surface area contributed by atoms with Crippen molar-refractivity contribution >= 4 is 17.9 Å². The van der Waals surface area contributed by atoms with Gasteiger partial charge in [-0.3, -0.25) is 0 Å². The van der Waals surface area contributed by atoms with E-state index >= 15 is 0 Å². The number of rotatable bonds is 4. The average Bonchev–Trinajstić information content (AvgIpc) is 2.76. The molecule has 0 aliphatic carbocycles. The fraction of sp³-hybridized carbons (Fsp3) is 0.545. The van der Waals surface area contributed by atoms with Crippen molar-refractivity contribution in [2.45, 2.75) is 19.4 Å². The molecule has 0 aromatic rings. The highest BCUT2D eigenvalue weighted by atomic mass is 16.5. The van der Waals surface area contributed by atoms with Crippen LogP contribution in [0.15, 0.2) is 21.5 Å². The molecule has 1 aliphatic rings. The molecule has 0 N–H and O–H groups in total. The standard InChI is InChI=1S/C11H14N2O6/c1-5-19-10(16)11(2)6(8(14)17-3)7(12-13-11)9(15)18-4/h5H2,1-4H3. The van der Waals surface area contributed by atoms with E-state index in [2.05, 4.69) is 19.7 Å². The molecular weight excluding hydrogens is 256 g/mol. The summed E-state index contributed by atoms with van der Waals surface area (Å²) in [6.45, 7) is 3.03. The normalized spacial score (nSPS) is 21.3. The third-order valence-corrected chi connectivity index (χ3v) is 2.51. The van der Waals surface area contributed by atoms with Crippen LogP contribution in [0.1, 0.15) is 13.8 Å². The van der Waals surface area contributed by atoms with Gasteiger partial charge in [0.15, 0.2) is 5.70 Å². The highest BCUT2D eigenvalue weighted by Crippen LogP contribution is 2.34. The maximum atomic E-state index is 11.9. The van der Waals surface area contributed by atoms with Gasteiger partial charge in [-0.15, -0.1) is 5.11 Å². The predicted molar refractivity (Wildman–Crippen MR) is 61.0 cm³/mol. The summed E-state index contributed by atoms with van der Waals surface area (Å²) < 4.78 is 13.9. The molecule has 0 aromatic carbocycles. The van der Waals surface area contributed by atoms with Crippen LogP contribution in [0.2, 0.25) is 0 Å². The summed E-state index contributed by atoms with van der Waals surface area (Å²) in [5.74, 6) is -2.56. The van der Waals surface area contributed by atoms with Gasteiger partial charge in [0.2, 0.25) is 5.54 Å². The Hall–Kier alpha value is -2.25. The van der Waals surface area contributed by atoms with Crippen LogP contribution < -0.4 is 0 Å². The zero-order valence-corrected chi connectivity index (χ0v) is 11.1. The molecule has 19 heavy (non-hydrogen) atoms. The lowest BCUT2D eigenvalue weighted by Crippen LogP contribution is -2.39. The summed E-state index contributed by atoms with van der Waals surface area (Å²) in [7, 11) is 2.24. The molecule has 0 aromatic heterocycles. The molecule has 0 fully saturated rings. The molecule has 8 heteroatoms. The number of hydrogen-bond donors (Lipinski definition) is 0. The summed E-state index contributed by atoms with van der Waals surface area (Å²) >= 11 is 0. The molecular formula is C11H14N2O6. The molecule has 0 saturated heterocycles. The molecule has 1 rings (SSSR count). The van der Waals surface area contributed by atoms with Crippen LogP contribution in [0.25, 0.3) is 0 Å². The second-order valence-electron chi connectivity index (χ2n) is 3.70. The number of methoxy groups -OCH3 is 2. The minimum absolute atomic E-state index is 0.103. The first-order valence-electron chi connectivity index (χ1n) is 5.43. The Morgan fingerprint density at radius 3 is 2.21 bits per heavy atom. The molecule has 1 unspecified atom stereocenters. The topological polar surface area (TPSA) is 104 Å². The van der Waals surface area contributed by atoms with Gasteiger partial charge in [-0.2, -0.15) is 5.11 Å². The Morgan fingerprint density at radius 2 is 1.74 bits per heavy atom. The van der Waals surface area contributed by atoms with Crippen LogP contribution in [0.4, 0.5) is 0 Å². The number of ether oxygens (including phenoxy) is 3. The first-order valence-corrected chi connectivity index (χ1v) is 5.43. The van der Waals surface area contributed by atoms with Crippen LogP contribution in [0.5, 0.6) is 0 Å². The van der Waals surface area contributed by atoms with E-state index in [-0.39, 0.29) is 17.9 Å². The van der Waals surface area contributed by atoms with Crippen molar-refractivity contribution in [3.63, 3.8) is 0 Å². The molecule has 8 nitrogen and oxygen atoms in total. The van der Waals surface area contributed by atoms with Crippen molar-refractivity contribution in [3.05, 3.63) is 11.3 Å². The number of carbonyl (C=O) groups excluding carboxylic acids is 3. The lowest BCUT2D eigenvalue weighted by atomic mass is 9.92. The van der Waals surface area contributed by atoms with Crippen LogP contribution >= 0.6 is 0 Å². The molecule has 0 spiro atoms. The zero-order valence-electron chi connectivity index (χ0n) is 11.1. The molecule has 0 radical (unpaired) electrons. The second kappa shape index (κ2) is 5.59. The summed E-state index contributed by atoms with van der Waals surface area (Å²) in [5, 5.41) is 7.20. The van der Waals surface area contributed by atoms with Crippen molar-refractivity contribution < 1.29 is 28.6 Å². The van der Waals surface area contributed by atoms with Gasteiger partial charge in [0.05, 0.1) is 20.8 Å². The molecule has 0 saturated carbocycles. The quantitative estimate of drug-likeness (QED) is 0.540. The molecule has 0 bridgehead atoms. The summed E-state index contributed by atoms with van der Waals surface area (Å²) in [4.78, 5) is 35.2. The van der Waals surface area contributed by atoms with Crippen LogP contribution in [-0.2, 0) is 28.6 Å². The van der Waals surface area contributed by atoms with E-state index in [9.17, 15) is 14.4 Å². The first kappa shape index (κ1) is 14.8. The maximum Gasteiger partial charge on any atom is 0.359 e. The average molecular weight is 270 g/mol. The third-order valence-electron chi connectivity index (χ3n) is 2.51. The van der Waals surface area contributed by atoms with Gasteiger partial charge < -0.3 is 14.2 Å². The van der Waals surface area contributed by atoms with Gasteiger partial charge >= 0.3 is 17.9 Å². The van der Waals surface area contributed by atoms with Gasteiger partial charge in [0.25, 0.3) is 0 Å². The summed E-state index contributed by atoms with van der Waals surface area (Å²) in [6, 6.07) is 0. The fourth-order valence-electron chi connectivity index (χ4n) is 1.53. The van der Waals surface area contributed by atoms with E-state index in [1.54, 1.807) is 6.92 Å². The number of hydrogen-bond acceptors (Lipinski definition) is 8. The van der Waals surface area contributed by atoms with E-state index in [4.69, 9.17) is 4.74 Å². The Balaban J connectivity index is 3.32. The Bertz CT molecular complexity index is 482. The monoisotopic (exact) mass is 270 g/mol. The Kier molecular flexibility index (Phi) is 4.36. The lowest BCUT2D eigenvalue weighted by Gasteiger charge is -2.19. The van der Waals surface area contributed by atoms with Crippen molar-refractivity contribution in [1.29, 1.82) is 0 Å². The van der Waals surface area contributed by atoms with E-state index in [0.29, 0.717) is 0 Å². The lowest BCUT2D eigenvalue weighted by molar-refractivity contribution is -0.150. The molecule has 104 valence electrons. The van der Waals surface area contributed by atoms with E-state index < -0.39 is 23.4 Å². The molecule has 1 aliphatic heterocycles. The van der Waals surface area contributed by atoms with Crippen molar-refractivity contribution in [3.8, 4) is 0 Å². The number of carbonyl (C=O) groups is 3. The fourth-order valence-corrected chi connectivity index (χ4v) is 1.53. The maximum absolute atomic E-state index is 11.9. The van der Waals surface area contributed by atoms with Gasteiger partial charge in [-0.25, -0.2) is 14.4 Å². The van der Waals surface area contributed by atoms with Crippen LogP contribution in [0.3, 0.4) is 0 Å². The van der Waals surface area contributed by atoms with Crippen molar-refractivity contribution in [1.82, 2.24) is 0 Å². The molecule has 1 heterocycles. The first-order chi connectivity index (χ1) is 8.92. The van der Waals surface area contributed by atoms with Gasteiger partial charge in [0.1, 0.15) is 5.57 Å². The number of azo groups is 1. The second-order valence-corrected chi connectivity index (χ2v) is 3.70. The SMILES string of the molecule is CCOC(=O)C1(C)N=NC(C(=O)OC)=C1C(=O)OC. The van der Waals surface area contributed by atoms with Crippen LogP contribution in [-0.4, -0.2) is 44.3 Å². The largest absolute Gasteiger partial charge is 0.466 e. The molecule has 0 amide bonds. The van der Waals surface area contributed by atoms with Crippen LogP contribution in [0, 0.1) is 0 Å². The zero-order chi connectivity index (χ0) is 14.6. The highest BCUT2D eigenvalue weighted by molar-refractivity contribution is 6.08. The summed E-state index contributed by atoms with van der Waals surface area (Å²) in [5.41, 5.74) is -2.35. The van der Waals surface area contributed by atoms with Gasteiger partial charge in [0, 0.05) is 0 Å². The smallest absolute Gasteiger partial charge is 0.359 e. The summed E-state index contributed by atoms with van der Waals surface area (Å²) in [6.07, 6.45) is 0. The number of nitrogens with zero attached hydrogens (tertiary/aromatic N) is 2. The van der Waals surface area contributed by atoms with E-state index in [1.165, 1.54) is 6.92 Å². The third kappa shape index (κ3) is 2.47. The Morgan fingerprint density at radius 1 is 1.16 bits per heavy atom. The van der Waals surface area contributed by atoms with Crippen molar-refractivity contribution in [2.75, 3.05) is 20.8 Å². The van der Waals surface area contributed by atoms with Gasteiger partial charge in [-0.1, -0.05) is 0 Å². The van der Waals surface area contributed by atoms with Crippen molar-refractivity contribution in [2.24, 2.45) is 10.2 Å². The predicted octanol–water partition coefficient (Wildman–Crippen LogP) is 0.374. The molecule has 1 atom stereocenters. The number of esters is 3. The van der Waals surface area contributed by atoms with E-state index in [0.717, 1.165) is 14.2 Å².